The summed E-state index contributed by atoms with van der Waals surface area (Å²) in [6.45, 7) is 0. The van der Waals surface area contributed by atoms with Gasteiger partial charge in [0.1, 0.15) is 6.26 Å². The molecule has 0 unspecified atom stereocenters. The quantitative estimate of drug-likeness (QED) is 0.694. The van der Waals surface area contributed by atoms with Gasteiger partial charge in [0.05, 0.1) is 9.40 Å². The number of amides is 1. The Morgan fingerprint density at radius 2 is 2.22 bits per heavy atom. The van der Waals surface area contributed by atoms with E-state index in [9.17, 15) is 14.9 Å². The zero-order valence-corrected chi connectivity index (χ0v) is 10.4. The Kier molecular flexibility index (Phi) is 3.38. The van der Waals surface area contributed by atoms with Gasteiger partial charge in [0.25, 0.3) is 11.6 Å². The van der Waals surface area contributed by atoms with Crippen LogP contribution in [0.25, 0.3) is 0 Å². The van der Waals surface area contributed by atoms with Crippen molar-refractivity contribution in [3.63, 3.8) is 0 Å². The molecule has 0 atom stereocenters. The number of nitro benzene ring substituents is 1. The standard InChI is InChI=1S/C10H6BrN3O4/c11-7-5-6(1-2-8(7)14(16)17)10(15)12-9-3-4-18-13-9/h1-5H,(H,12,13,15). The molecule has 2 rings (SSSR count). The van der Waals surface area contributed by atoms with Crippen LogP contribution < -0.4 is 5.32 Å². The molecule has 0 aliphatic rings. The number of anilines is 1. The maximum absolute atomic E-state index is 11.8. The predicted molar refractivity (Wildman–Crippen MR) is 65.3 cm³/mol. The van der Waals surface area contributed by atoms with Crippen molar-refractivity contribution in [2.75, 3.05) is 5.32 Å². The monoisotopic (exact) mass is 311 g/mol. The summed E-state index contributed by atoms with van der Waals surface area (Å²) in [5.74, 6) is -0.158. The largest absolute Gasteiger partial charge is 0.363 e. The van der Waals surface area contributed by atoms with Crippen LogP contribution in [0.1, 0.15) is 10.4 Å². The predicted octanol–water partition coefficient (Wildman–Crippen LogP) is 2.60. The molecule has 1 amide bonds. The van der Waals surface area contributed by atoms with Crippen LogP contribution in [0.2, 0.25) is 0 Å². The summed E-state index contributed by atoms with van der Waals surface area (Å²) in [6.07, 6.45) is 1.32. The topological polar surface area (TPSA) is 98.3 Å². The Morgan fingerprint density at radius 3 is 2.78 bits per heavy atom. The Morgan fingerprint density at radius 1 is 1.44 bits per heavy atom. The second-order valence-electron chi connectivity index (χ2n) is 3.26. The van der Waals surface area contributed by atoms with Crippen molar-refractivity contribution in [1.29, 1.82) is 0 Å². The fourth-order valence-electron chi connectivity index (χ4n) is 1.26. The van der Waals surface area contributed by atoms with Crippen LogP contribution in [0, 0.1) is 10.1 Å². The fourth-order valence-corrected chi connectivity index (χ4v) is 1.79. The minimum atomic E-state index is -0.538. The summed E-state index contributed by atoms with van der Waals surface area (Å²) in [5.41, 5.74) is 0.170. The molecule has 0 aliphatic heterocycles. The number of nitrogens with zero attached hydrogens (tertiary/aromatic N) is 2. The van der Waals surface area contributed by atoms with E-state index < -0.39 is 10.8 Å². The van der Waals surface area contributed by atoms with Crippen LogP contribution in [0.4, 0.5) is 11.5 Å². The first-order chi connectivity index (χ1) is 8.58. The van der Waals surface area contributed by atoms with E-state index in [1.54, 1.807) is 0 Å². The summed E-state index contributed by atoms with van der Waals surface area (Å²) in [4.78, 5) is 21.8. The molecule has 0 aliphatic carbocycles. The van der Waals surface area contributed by atoms with Gasteiger partial charge in [-0.2, -0.15) is 0 Å². The van der Waals surface area contributed by atoms with Gasteiger partial charge in [0.2, 0.25) is 0 Å². The van der Waals surface area contributed by atoms with Crippen molar-refractivity contribution in [2.45, 2.75) is 0 Å². The lowest BCUT2D eigenvalue weighted by Gasteiger charge is -2.02. The van der Waals surface area contributed by atoms with Gasteiger partial charge in [-0.3, -0.25) is 14.9 Å². The van der Waals surface area contributed by atoms with E-state index in [1.807, 2.05) is 0 Å². The van der Waals surface area contributed by atoms with Gasteiger partial charge in [-0.05, 0) is 28.1 Å². The summed E-state index contributed by atoms with van der Waals surface area (Å²) in [5, 5.41) is 16.6. The normalized spacial score (nSPS) is 10.1. The first kappa shape index (κ1) is 12.2. The first-order valence-electron chi connectivity index (χ1n) is 4.73. The van der Waals surface area contributed by atoms with Crippen LogP contribution in [0.3, 0.4) is 0 Å². The Labute approximate surface area is 109 Å². The molecule has 0 fully saturated rings. The van der Waals surface area contributed by atoms with Crippen molar-refractivity contribution < 1.29 is 14.2 Å². The van der Waals surface area contributed by atoms with Gasteiger partial charge in [-0.15, -0.1) is 0 Å². The molecule has 7 nitrogen and oxygen atoms in total. The molecule has 1 aromatic heterocycles. The van der Waals surface area contributed by atoms with E-state index in [4.69, 9.17) is 0 Å². The average Bonchev–Trinajstić information content (AvgIpc) is 2.81. The van der Waals surface area contributed by atoms with Crippen molar-refractivity contribution >= 4 is 33.3 Å². The molecule has 0 saturated heterocycles. The Balaban J connectivity index is 2.21. The lowest BCUT2D eigenvalue weighted by atomic mass is 10.2. The van der Waals surface area contributed by atoms with Gasteiger partial charge >= 0.3 is 0 Å². The SMILES string of the molecule is O=C(Nc1ccon1)c1ccc([N+](=O)[O-])c(Br)c1. The molecule has 0 saturated carbocycles. The van der Waals surface area contributed by atoms with E-state index in [0.29, 0.717) is 0 Å². The number of nitro groups is 1. The van der Waals surface area contributed by atoms with Crippen LogP contribution in [-0.4, -0.2) is 16.0 Å². The number of carbonyl (C=O) groups is 1. The highest BCUT2D eigenvalue weighted by atomic mass is 79.9. The smallest absolute Gasteiger partial charge is 0.283 e. The number of carbonyl (C=O) groups excluding carboxylic acids is 1. The molecule has 0 radical (unpaired) electrons. The van der Waals surface area contributed by atoms with Crippen LogP contribution in [0.5, 0.6) is 0 Å². The molecular formula is C10H6BrN3O4. The van der Waals surface area contributed by atoms with Gasteiger partial charge < -0.3 is 9.84 Å². The third-order valence-corrected chi connectivity index (χ3v) is 2.72. The molecule has 0 bridgehead atoms. The van der Waals surface area contributed by atoms with Crippen molar-refractivity contribution in [3.8, 4) is 0 Å². The molecule has 1 heterocycles. The number of hydrogen-bond acceptors (Lipinski definition) is 5. The van der Waals surface area contributed by atoms with Crippen LogP contribution in [-0.2, 0) is 0 Å². The van der Waals surface area contributed by atoms with E-state index in [1.165, 1.54) is 30.5 Å². The Hall–Kier alpha value is -2.22. The third kappa shape index (κ3) is 2.54. The maximum Gasteiger partial charge on any atom is 0.283 e. The molecule has 1 aromatic carbocycles. The first-order valence-corrected chi connectivity index (χ1v) is 5.53. The minimum Gasteiger partial charge on any atom is -0.363 e. The van der Waals surface area contributed by atoms with E-state index in [0.717, 1.165) is 0 Å². The molecule has 1 N–H and O–H groups in total. The van der Waals surface area contributed by atoms with Crippen LogP contribution in [0.15, 0.2) is 39.5 Å². The number of aromatic nitrogens is 1. The summed E-state index contributed by atoms with van der Waals surface area (Å²) < 4.78 is 4.80. The molecule has 18 heavy (non-hydrogen) atoms. The van der Waals surface area contributed by atoms with Gasteiger partial charge in [0.15, 0.2) is 5.82 Å². The van der Waals surface area contributed by atoms with Crippen molar-refractivity contribution in [3.05, 3.63) is 50.7 Å². The van der Waals surface area contributed by atoms with Crippen molar-refractivity contribution in [2.24, 2.45) is 0 Å². The van der Waals surface area contributed by atoms with E-state index in [2.05, 4.69) is 30.9 Å². The second-order valence-corrected chi connectivity index (χ2v) is 4.12. The third-order valence-electron chi connectivity index (χ3n) is 2.09. The summed E-state index contributed by atoms with van der Waals surface area (Å²) in [7, 11) is 0. The molecule has 2 aromatic rings. The lowest BCUT2D eigenvalue weighted by molar-refractivity contribution is -0.385. The number of benzene rings is 1. The summed E-state index contributed by atoms with van der Waals surface area (Å²) >= 11 is 3.04. The maximum atomic E-state index is 11.8. The zero-order valence-electron chi connectivity index (χ0n) is 8.79. The lowest BCUT2D eigenvalue weighted by Crippen LogP contribution is -2.12. The van der Waals surface area contributed by atoms with E-state index >= 15 is 0 Å². The van der Waals surface area contributed by atoms with Crippen LogP contribution >= 0.6 is 15.9 Å². The highest BCUT2D eigenvalue weighted by Crippen LogP contribution is 2.25. The average molecular weight is 312 g/mol. The van der Waals surface area contributed by atoms with Crippen molar-refractivity contribution in [1.82, 2.24) is 5.16 Å². The second kappa shape index (κ2) is 4.96. The minimum absolute atomic E-state index is 0.104. The highest BCUT2D eigenvalue weighted by Gasteiger charge is 2.15. The molecule has 8 heteroatoms. The number of rotatable bonds is 3. The summed E-state index contributed by atoms with van der Waals surface area (Å²) in [6, 6.07) is 5.46. The molecule has 0 spiro atoms. The molecule has 92 valence electrons. The number of nitrogens with one attached hydrogen (secondary N) is 1. The van der Waals surface area contributed by atoms with E-state index in [-0.39, 0.29) is 21.5 Å². The van der Waals surface area contributed by atoms with Gasteiger partial charge in [0, 0.05) is 17.7 Å². The zero-order chi connectivity index (χ0) is 13.1. The number of hydrogen-bond donors (Lipinski definition) is 1. The Bertz CT molecular complexity index is 597. The fraction of sp³-hybridized carbons (Fsp3) is 0. The van der Waals surface area contributed by atoms with Gasteiger partial charge in [-0.1, -0.05) is 5.16 Å². The highest BCUT2D eigenvalue weighted by molar-refractivity contribution is 9.10. The number of halogens is 1. The molecular weight excluding hydrogens is 306 g/mol. The van der Waals surface area contributed by atoms with Gasteiger partial charge in [-0.25, -0.2) is 0 Å².